The fraction of sp³-hybridized carbons (Fsp3) is 0.0435. The SMILES string of the molecule is Cc1cc(Oc2ncccc2C#N)ccc1NC(=O)c1ccn(-c2cccc([N+](=O)[O-])c2)n1. The summed E-state index contributed by atoms with van der Waals surface area (Å²) < 4.78 is 7.09. The molecule has 0 atom stereocenters. The Morgan fingerprint density at radius 1 is 1.18 bits per heavy atom. The van der Waals surface area contributed by atoms with E-state index in [2.05, 4.69) is 15.4 Å². The highest BCUT2D eigenvalue weighted by Gasteiger charge is 2.14. The van der Waals surface area contributed by atoms with Crippen LogP contribution < -0.4 is 10.1 Å². The van der Waals surface area contributed by atoms with Crippen LogP contribution in [0.1, 0.15) is 21.6 Å². The van der Waals surface area contributed by atoms with Gasteiger partial charge in [0.05, 0.1) is 10.6 Å². The predicted molar refractivity (Wildman–Crippen MR) is 118 cm³/mol. The van der Waals surface area contributed by atoms with Crippen LogP contribution in [0.2, 0.25) is 0 Å². The molecule has 0 spiro atoms. The van der Waals surface area contributed by atoms with E-state index in [1.165, 1.54) is 29.1 Å². The molecule has 0 aliphatic heterocycles. The highest BCUT2D eigenvalue weighted by atomic mass is 16.6. The number of nitro groups is 1. The molecule has 0 saturated carbocycles. The maximum absolute atomic E-state index is 12.7. The molecule has 0 aliphatic carbocycles. The molecular weight excluding hydrogens is 424 g/mol. The van der Waals surface area contributed by atoms with Gasteiger partial charge in [-0.3, -0.25) is 14.9 Å². The van der Waals surface area contributed by atoms with Gasteiger partial charge < -0.3 is 10.1 Å². The van der Waals surface area contributed by atoms with Crippen LogP contribution in [0.4, 0.5) is 11.4 Å². The number of aromatic nitrogens is 3. The Labute approximate surface area is 187 Å². The third kappa shape index (κ3) is 4.67. The summed E-state index contributed by atoms with van der Waals surface area (Å²) in [6, 6.07) is 17.8. The van der Waals surface area contributed by atoms with E-state index in [0.29, 0.717) is 22.7 Å². The lowest BCUT2D eigenvalue weighted by atomic mass is 10.2. The first-order valence-corrected chi connectivity index (χ1v) is 9.70. The van der Waals surface area contributed by atoms with Crippen LogP contribution in [0.15, 0.2) is 73.1 Å². The number of carbonyl (C=O) groups excluding carboxylic acids is 1. The minimum Gasteiger partial charge on any atom is -0.438 e. The molecule has 4 aromatic rings. The predicted octanol–water partition coefficient (Wildman–Crippen LogP) is 4.40. The van der Waals surface area contributed by atoms with E-state index in [0.717, 1.165) is 5.56 Å². The minimum atomic E-state index is -0.494. The number of nitrogens with one attached hydrogen (secondary N) is 1. The van der Waals surface area contributed by atoms with E-state index in [1.807, 2.05) is 6.07 Å². The van der Waals surface area contributed by atoms with Crippen LogP contribution >= 0.6 is 0 Å². The summed E-state index contributed by atoms with van der Waals surface area (Å²) in [5.74, 6) is 0.228. The number of non-ortho nitro benzene ring substituents is 1. The maximum atomic E-state index is 12.7. The van der Waals surface area contributed by atoms with Crippen molar-refractivity contribution in [3.63, 3.8) is 0 Å². The Morgan fingerprint density at radius 2 is 2.03 bits per heavy atom. The van der Waals surface area contributed by atoms with Gasteiger partial charge in [-0.2, -0.15) is 10.4 Å². The molecule has 2 aromatic heterocycles. The number of anilines is 1. The molecule has 0 saturated heterocycles. The zero-order valence-electron chi connectivity index (χ0n) is 17.3. The van der Waals surface area contributed by atoms with Crippen LogP contribution in [0, 0.1) is 28.4 Å². The van der Waals surface area contributed by atoms with Gasteiger partial charge in [-0.25, -0.2) is 9.67 Å². The van der Waals surface area contributed by atoms with Crippen LogP contribution in [-0.4, -0.2) is 25.6 Å². The summed E-state index contributed by atoms with van der Waals surface area (Å²) >= 11 is 0. The number of amides is 1. The molecule has 0 unspecified atom stereocenters. The van der Waals surface area contributed by atoms with Crippen molar-refractivity contribution >= 4 is 17.3 Å². The van der Waals surface area contributed by atoms with Gasteiger partial charge in [0, 0.05) is 30.2 Å². The summed E-state index contributed by atoms with van der Waals surface area (Å²) in [4.78, 5) is 27.2. The van der Waals surface area contributed by atoms with Crippen molar-refractivity contribution in [3.05, 3.63) is 100.0 Å². The van der Waals surface area contributed by atoms with Crippen molar-refractivity contribution in [1.82, 2.24) is 14.8 Å². The van der Waals surface area contributed by atoms with E-state index >= 15 is 0 Å². The van der Waals surface area contributed by atoms with E-state index in [9.17, 15) is 14.9 Å². The quantitative estimate of drug-likeness (QED) is 0.347. The molecule has 0 fully saturated rings. The largest absolute Gasteiger partial charge is 0.438 e. The summed E-state index contributed by atoms with van der Waals surface area (Å²) in [6.45, 7) is 1.80. The molecule has 2 aromatic carbocycles. The van der Waals surface area contributed by atoms with Gasteiger partial charge >= 0.3 is 0 Å². The number of rotatable bonds is 6. The van der Waals surface area contributed by atoms with E-state index in [4.69, 9.17) is 10.00 Å². The van der Waals surface area contributed by atoms with Gasteiger partial charge in [0.25, 0.3) is 11.6 Å². The van der Waals surface area contributed by atoms with Gasteiger partial charge in [0.15, 0.2) is 5.69 Å². The molecule has 10 heteroatoms. The molecule has 162 valence electrons. The zero-order chi connectivity index (χ0) is 23.4. The van der Waals surface area contributed by atoms with Gasteiger partial charge in [0.2, 0.25) is 5.88 Å². The van der Waals surface area contributed by atoms with Gasteiger partial charge in [-0.1, -0.05) is 6.07 Å². The second-order valence-corrected chi connectivity index (χ2v) is 6.92. The van der Waals surface area contributed by atoms with Crippen molar-refractivity contribution < 1.29 is 14.5 Å². The molecule has 10 nitrogen and oxygen atoms in total. The zero-order valence-corrected chi connectivity index (χ0v) is 17.3. The molecule has 33 heavy (non-hydrogen) atoms. The third-order valence-corrected chi connectivity index (χ3v) is 4.68. The number of benzene rings is 2. The summed E-state index contributed by atoms with van der Waals surface area (Å²) in [6.07, 6.45) is 3.09. The van der Waals surface area contributed by atoms with Crippen molar-refractivity contribution in [2.45, 2.75) is 6.92 Å². The van der Waals surface area contributed by atoms with Crippen molar-refractivity contribution in [2.75, 3.05) is 5.32 Å². The lowest BCUT2D eigenvalue weighted by Gasteiger charge is -2.10. The van der Waals surface area contributed by atoms with Gasteiger partial charge in [-0.15, -0.1) is 0 Å². The monoisotopic (exact) mass is 440 g/mol. The number of hydrogen-bond donors (Lipinski definition) is 1. The number of nitriles is 1. The van der Waals surface area contributed by atoms with Gasteiger partial charge in [-0.05, 0) is 55.0 Å². The smallest absolute Gasteiger partial charge is 0.276 e. The Morgan fingerprint density at radius 3 is 2.79 bits per heavy atom. The lowest BCUT2D eigenvalue weighted by Crippen LogP contribution is -2.14. The first-order chi connectivity index (χ1) is 15.9. The van der Waals surface area contributed by atoms with Crippen LogP contribution in [-0.2, 0) is 0 Å². The number of hydrogen-bond acceptors (Lipinski definition) is 7. The van der Waals surface area contributed by atoms with Crippen molar-refractivity contribution in [1.29, 1.82) is 5.26 Å². The molecule has 0 bridgehead atoms. The fourth-order valence-corrected chi connectivity index (χ4v) is 3.03. The molecule has 1 amide bonds. The topological polar surface area (TPSA) is 136 Å². The number of nitro benzene ring substituents is 1. The number of nitrogens with zero attached hydrogens (tertiary/aromatic N) is 5. The summed E-state index contributed by atoms with van der Waals surface area (Å²) in [7, 11) is 0. The lowest BCUT2D eigenvalue weighted by molar-refractivity contribution is -0.384. The highest BCUT2D eigenvalue weighted by Crippen LogP contribution is 2.27. The van der Waals surface area contributed by atoms with Crippen molar-refractivity contribution in [3.8, 4) is 23.4 Å². The molecule has 0 radical (unpaired) electrons. The van der Waals surface area contributed by atoms with Crippen LogP contribution in [0.5, 0.6) is 11.6 Å². The van der Waals surface area contributed by atoms with Gasteiger partial charge in [0.1, 0.15) is 17.4 Å². The molecule has 2 heterocycles. The molecule has 4 rings (SSSR count). The Balaban J connectivity index is 1.49. The minimum absolute atomic E-state index is 0.0699. The fourth-order valence-electron chi connectivity index (χ4n) is 3.03. The molecule has 1 N–H and O–H groups in total. The van der Waals surface area contributed by atoms with Crippen LogP contribution in [0.25, 0.3) is 5.69 Å². The first-order valence-electron chi connectivity index (χ1n) is 9.70. The third-order valence-electron chi connectivity index (χ3n) is 4.68. The number of ether oxygens (including phenoxy) is 1. The average Bonchev–Trinajstić information content (AvgIpc) is 3.32. The maximum Gasteiger partial charge on any atom is 0.276 e. The Kier molecular flexibility index (Phi) is 5.77. The van der Waals surface area contributed by atoms with Crippen molar-refractivity contribution in [2.24, 2.45) is 0 Å². The summed E-state index contributed by atoms with van der Waals surface area (Å²) in [5.41, 5.74) is 2.14. The standard InChI is InChI=1S/C23H16N6O4/c1-15-12-19(33-23-16(14-24)4-3-10-25-23)7-8-20(15)26-22(30)21-9-11-28(27-21)17-5-2-6-18(13-17)29(31)32/h2-13H,1H3,(H,26,30). The number of carbonyl (C=O) groups is 1. The Hall–Kier alpha value is -5.04. The van der Waals surface area contributed by atoms with E-state index in [-0.39, 0.29) is 17.3 Å². The molecular formula is C23H16N6O4. The van der Waals surface area contributed by atoms with E-state index in [1.54, 1.807) is 55.6 Å². The number of pyridine rings is 1. The second-order valence-electron chi connectivity index (χ2n) is 6.92. The molecule has 0 aliphatic rings. The second kappa shape index (κ2) is 8.99. The normalized spacial score (nSPS) is 10.3. The average molecular weight is 440 g/mol. The Bertz CT molecular complexity index is 1410. The van der Waals surface area contributed by atoms with Crippen LogP contribution in [0.3, 0.4) is 0 Å². The van der Waals surface area contributed by atoms with E-state index < -0.39 is 10.8 Å². The summed E-state index contributed by atoms with van der Waals surface area (Å²) in [5, 5.41) is 27.1. The first kappa shape index (κ1) is 21.2. The highest BCUT2D eigenvalue weighted by molar-refractivity contribution is 6.03. The number of aryl methyl sites for hydroxylation is 1.